The van der Waals surface area contributed by atoms with Crippen LogP contribution < -0.4 is 5.32 Å². The fourth-order valence-corrected chi connectivity index (χ4v) is 6.10. The van der Waals surface area contributed by atoms with Gasteiger partial charge in [-0.3, -0.25) is 9.78 Å². The topological polar surface area (TPSA) is 65.5 Å². The van der Waals surface area contributed by atoms with Gasteiger partial charge in [0.25, 0.3) is 0 Å². The third-order valence-electron chi connectivity index (χ3n) is 8.37. The summed E-state index contributed by atoms with van der Waals surface area (Å²) in [6.45, 7) is 6.17. The predicted octanol–water partition coefficient (Wildman–Crippen LogP) is 3.71. The largest absolute Gasteiger partial charge is 0.343 e. The van der Waals surface area contributed by atoms with Gasteiger partial charge in [0.1, 0.15) is 0 Å². The number of hydrogen-bond donors (Lipinski definition) is 1. The molecular formula is C24H34N4O2. The Morgan fingerprint density at radius 3 is 2.57 bits per heavy atom. The highest BCUT2D eigenvalue weighted by molar-refractivity contribution is 5.77. The monoisotopic (exact) mass is 410 g/mol. The maximum absolute atomic E-state index is 12.8. The fraction of sp³-hybridized carbons (Fsp3) is 0.708. The molecule has 2 aliphatic heterocycles. The number of piperidine rings is 1. The Kier molecular flexibility index (Phi) is 4.98. The molecule has 2 saturated carbocycles. The predicted molar refractivity (Wildman–Crippen MR) is 114 cm³/mol. The van der Waals surface area contributed by atoms with Gasteiger partial charge in [-0.2, -0.15) is 0 Å². The van der Waals surface area contributed by atoms with Crippen molar-refractivity contribution in [2.45, 2.75) is 71.4 Å². The van der Waals surface area contributed by atoms with Crippen LogP contribution in [0.2, 0.25) is 0 Å². The second-order valence-electron chi connectivity index (χ2n) is 10.5. The van der Waals surface area contributed by atoms with E-state index < -0.39 is 0 Å². The zero-order chi connectivity index (χ0) is 20.8. The third-order valence-corrected chi connectivity index (χ3v) is 8.37. The van der Waals surface area contributed by atoms with Crippen LogP contribution in [0.3, 0.4) is 0 Å². The molecule has 3 heterocycles. The molecule has 0 aromatic carbocycles. The SMILES string of the molecule is CC1(CC(=O)N2CCC3(CC2)CC3CNC(=O)N2Cc3ccncc3C2)CCCC1. The lowest BCUT2D eigenvalue weighted by molar-refractivity contribution is -0.135. The highest BCUT2D eigenvalue weighted by Gasteiger charge is 2.55. The van der Waals surface area contributed by atoms with Crippen LogP contribution in [0.1, 0.15) is 69.4 Å². The smallest absolute Gasteiger partial charge is 0.318 e. The van der Waals surface area contributed by atoms with Crippen LogP contribution in [0.5, 0.6) is 0 Å². The Bertz CT molecular complexity index is 799. The molecule has 6 heteroatoms. The molecule has 1 N–H and O–H groups in total. The van der Waals surface area contributed by atoms with Gasteiger partial charge in [-0.1, -0.05) is 19.8 Å². The molecule has 1 saturated heterocycles. The van der Waals surface area contributed by atoms with E-state index in [1.54, 1.807) is 6.20 Å². The highest BCUT2D eigenvalue weighted by Crippen LogP contribution is 2.59. The molecule has 6 nitrogen and oxygen atoms in total. The first-order chi connectivity index (χ1) is 14.5. The van der Waals surface area contributed by atoms with Gasteiger partial charge in [0.2, 0.25) is 5.91 Å². The first-order valence-corrected chi connectivity index (χ1v) is 11.7. The van der Waals surface area contributed by atoms with Crippen molar-refractivity contribution in [3.05, 3.63) is 29.6 Å². The lowest BCUT2D eigenvalue weighted by atomic mass is 9.84. The average molecular weight is 411 g/mol. The summed E-state index contributed by atoms with van der Waals surface area (Å²) in [7, 11) is 0. The number of hydrogen-bond acceptors (Lipinski definition) is 3. The van der Waals surface area contributed by atoms with E-state index in [1.165, 1.54) is 37.7 Å². The molecule has 2 aliphatic carbocycles. The Labute approximate surface area is 179 Å². The summed E-state index contributed by atoms with van der Waals surface area (Å²) < 4.78 is 0. The number of amides is 3. The molecule has 3 amide bonds. The van der Waals surface area contributed by atoms with Crippen molar-refractivity contribution in [3.63, 3.8) is 0 Å². The summed E-state index contributed by atoms with van der Waals surface area (Å²) in [6, 6.07) is 2.03. The van der Waals surface area contributed by atoms with Crippen LogP contribution in [0.4, 0.5) is 4.79 Å². The summed E-state index contributed by atoms with van der Waals surface area (Å²) in [5, 5.41) is 3.17. The van der Waals surface area contributed by atoms with Gasteiger partial charge in [0.05, 0.1) is 0 Å². The van der Waals surface area contributed by atoms with Gasteiger partial charge in [-0.25, -0.2) is 4.79 Å². The fourth-order valence-electron chi connectivity index (χ4n) is 6.10. The zero-order valence-electron chi connectivity index (χ0n) is 18.2. The van der Waals surface area contributed by atoms with Crippen LogP contribution in [-0.4, -0.2) is 46.4 Å². The van der Waals surface area contributed by atoms with E-state index in [0.29, 0.717) is 30.3 Å². The van der Waals surface area contributed by atoms with E-state index in [9.17, 15) is 9.59 Å². The number of pyridine rings is 1. The Morgan fingerprint density at radius 2 is 1.83 bits per heavy atom. The summed E-state index contributed by atoms with van der Waals surface area (Å²) in [5.74, 6) is 0.931. The van der Waals surface area contributed by atoms with Gasteiger partial charge in [-0.15, -0.1) is 0 Å². The van der Waals surface area contributed by atoms with E-state index >= 15 is 0 Å². The lowest BCUT2D eigenvalue weighted by Gasteiger charge is -2.35. The van der Waals surface area contributed by atoms with Gasteiger partial charge >= 0.3 is 6.03 Å². The standard InChI is InChI=1S/C24H34N4O2/c1-23(5-2-3-6-23)13-21(29)27-10-7-24(8-11-27)12-20(24)15-26-22(30)28-16-18-4-9-25-14-19(18)17-28/h4,9,14,20H,2-3,5-8,10-13,15-17H2,1H3,(H,26,30). The Balaban J connectivity index is 1.05. The first-order valence-electron chi connectivity index (χ1n) is 11.7. The van der Waals surface area contributed by atoms with Crippen LogP contribution in [-0.2, 0) is 17.9 Å². The molecule has 4 aliphatic rings. The molecule has 0 radical (unpaired) electrons. The number of carbonyl (C=O) groups excluding carboxylic acids is 2. The van der Waals surface area contributed by atoms with Crippen LogP contribution in [0.25, 0.3) is 0 Å². The first kappa shape index (κ1) is 19.8. The molecule has 1 aromatic rings. The number of carbonyl (C=O) groups is 2. The number of nitrogens with zero attached hydrogens (tertiary/aromatic N) is 3. The number of aromatic nitrogens is 1. The van der Waals surface area contributed by atoms with Gasteiger partial charge < -0.3 is 15.1 Å². The molecule has 3 fully saturated rings. The number of urea groups is 1. The van der Waals surface area contributed by atoms with Crippen LogP contribution in [0, 0.1) is 16.7 Å². The van der Waals surface area contributed by atoms with Crippen molar-refractivity contribution in [3.8, 4) is 0 Å². The normalized spacial score (nSPS) is 26.0. The Hall–Kier alpha value is -2.11. The van der Waals surface area contributed by atoms with Crippen molar-refractivity contribution in [2.75, 3.05) is 19.6 Å². The maximum atomic E-state index is 12.8. The minimum atomic E-state index is 0.0330. The second kappa shape index (κ2) is 7.54. The zero-order valence-corrected chi connectivity index (χ0v) is 18.2. The third kappa shape index (κ3) is 3.81. The summed E-state index contributed by atoms with van der Waals surface area (Å²) in [5.41, 5.74) is 2.95. The van der Waals surface area contributed by atoms with E-state index in [1.807, 2.05) is 17.2 Å². The second-order valence-corrected chi connectivity index (χ2v) is 10.5. The molecule has 1 unspecified atom stereocenters. The van der Waals surface area contributed by atoms with E-state index in [2.05, 4.69) is 22.1 Å². The Morgan fingerprint density at radius 1 is 1.10 bits per heavy atom. The van der Waals surface area contributed by atoms with E-state index in [-0.39, 0.29) is 11.4 Å². The van der Waals surface area contributed by atoms with Gasteiger partial charge in [0.15, 0.2) is 0 Å². The summed E-state index contributed by atoms with van der Waals surface area (Å²) in [4.78, 5) is 33.5. The molecule has 0 bridgehead atoms. The molecule has 5 rings (SSSR count). The number of likely N-dealkylation sites (tertiary alicyclic amines) is 1. The summed E-state index contributed by atoms with van der Waals surface area (Å²) >= 11 is 0. The van der Waals surface area contributed by atoms with E-state index in [4.69, 9.17) is 0 Å². The molecule has 30 heavy (non-hydrogen) atoms. The minimum Gasteiger partial charge on any atom is -0.343 e. The van der Waals surface area contributed by atoms with Crippen molar-refractivity contribution in [1.29, 1.82) is 0 Å². The molecule has 1 atom stereocenters. The van der Waals surface area contributed by atoms with Crippen LogP contribution in [0.15, 0.2) is 18.5 Å². The maximum Gasteiger partial charge on any atom is 0.318 e. The lowest BCUT2D eigenvalue weighted by Crippen LogP contribution is -2.42. The van der Waals surface area contributed by atoms with E-state index in [0.717, 1.165) is 44.5 Å². The van der Waals surface area contributed by atoms with Crippen molar-refractivity contribution in [2.24, 2.45) is 16.7 Å². The van der Waals surface area contributed by atoms with Crippen molar-refractivity contribution >= 4 is 11.9 Å². The number of rotatable bonds is 4. The number of fused-ring (bicyclic) bond motifs is 1. The van der Waals surface area contributed by atoms with Gasteiger partial charge in [0, 0.05) is 51.5 Å². The van der Waals surface area contributed by atoms with Crippen LogP contribution >= 0.6 is 0 Å². The average Bonchev–Trinajstić information content (AvgIpc) is 3.08. The van der Waals surface area contributed by atoms with Gasteiger partial charge in [-0.05, 0) is 66.0 Å². The highest BCUT2D eigenvalue weighted by atomic mass is 16.2. The molecule has 162 valence electrons. The molecular weight excluding hydrogens is 376 g/mol. The summed E-state index contributed by atoms with van der Waals surface area (Å²) in [6.07, 6.45) is 12.7. The quantitative estimate of drug-likeness (QED) is 0.823. The van der Waals surface area contributed by atoms with Crippen molar-refractivity contribution < 1.29 is 9.59 Å². The molecule has 1 spiro atoms. The molecule has 1 aromatic heterocycles. The van der Waals surface area contributed by atoms with Crippen molar-refractivity contribution in [1.82, 2.24) is 20.1 Å². The minimum absolute atomic E-state index is 0.0330. The number of nitrogens with one attached hydrogen (secondary N) is 1.